The number of thioether (sulfide) groups is 1. The van der Waals surface area contributed by atoms with Gasteiger partial charge < -0.3 is 10.5 Å². The van der Waals surface area contributed by atoms with E-state index in [9.17, 15) is 4.39 Å². The van der Waals surface area contributed by atoms with Crippen LogP contribution in [0.25, 0.3) is 0 Å². The number of hydrogen-bond acceptors (Lipinski definition) is 3. The van der Waals surface area contributed by atoms with E-state index in [0.717, 1.165) is 28.4 Å². The fraction of sp³-hybridized carbons (Fsp3) is 0.250. The Bertz CT molecular complexity index is 513. The van der Waals surface area contributed by atoms with Crippen LogP contribution in [-0.4, -0.2) is 12.4 Å². The maximum absolute atomic E-state index is 12.7. The van der Waals surface area contributed by atoms with Gasteiger partial charge in [-0.25, -0.2) is 4.39 Å². The highest BCUT2D eigenvalue weighted by molar-refractivity contribution is 7.99. The summed E-state index contributed by atoms with van der Waals surface area (Å²) in [5, 5.41) is 0. The summed E-state index contributed by atoms with van der Waals surface area (Å²) in [7, 11) is 0. The lowest BCUT2D eigenvalue weighted by molar-refractivity contribution is 0.318. The molecule has 20 heavy (non-hydrogen) atoms. The molecule has 2 nitrogen and oxygen atoms in total. The maximum atomic E-state index is 12.7. The molecular weight excluding hydrogens is 273 g/mol. The smallest absolute Gasteiger partial charge is 0.123 e. The quantitative estimate of drug-likeness (QED) is 0.622. The van der Waals surface area contributed by atoms with Crippen LogP contribution in [0.4, 0.5) is 4.39 Å². The van der Waals surface area contributed by atoms with Crippen molar-refractivity contribution in [2.45, 2.75) is 17.9 Å². The summed E-state index contributed by atoms with van der Waals surface area (Å²) in [6.45, 7) is 1.23. The monoisotopic (exact) mass is 291 g/mol. The van der Waals surface area contributed by atoms with E-state index >= 15 is 0 Å². The topological polar surface area (TPSA) is 35.2 Å². The summed E-state index contributed by atoms with van der Waals surface area (Å²) >= 11 is 1.71. The average Bonchev–Trinajstić information content (AvgIpc) is 2.49. The van der Waals surface area contributed by atoms with Crippen LogP contribution in [-0.2, 0) is 6.54 Å². The molecular formula is C16H18FNOS. The van der Waals surface area contributed by atoms with E-state index in [4.69, 9.17) is 10.5 Å². The summed E-state index contributed by atoms with van der Waals surface area (Å²) in [5.74, 6) is 1.62. The van der Waals surface area contributed by atoms with Crippen LogP contribution in [0, 0.1) is 5.82 Å². The molecule has 0 aromatic heterocycles. The molecule has 0 unspecified atom stereocenters. The summed E-state index contributed by atoms with van der Waals surface area (Å²) in [4.78, 5) is 1.08. The van der Waals surface area contributed by atoms with Crippen molar-refractivity contribution in [3.05, 3.63) is 59.9 Å². The van der Waals surface area contributed by atoms with E-state index < -0.39 is 0 Å². The Morgan fingerprint density at radius 3 is 2.35 bits per heavy atom. The largest absolute Gasteiger partial charge is 0.494 e. The maximum Gasteiger partial charge on any atom is 0.123 e. The molecule has 0 heterocycles. The lowest BCUT2D eigenvalue weighted by atomic mass is 10.2. The lowest BCUT2D eigenvalue weighted by Crippen LogP contribution is -2.00. The van der Waals surface area contributed by atoms with Gasteiger partial charge in [0.1, 0.15) is 11.6 Å². The van der Waals surface area contributed by atoms with Crippen LogP contribution in [0.15, 0.2) is 53.4 Å². The third kappa shape index (κ3) is 4.87. The van der Waals surface area contributed by atoms with Gasteiger partial charge in [0, 0.05) is 17.2 Å². The van der Waals surface area contributed by atoms with Gasteiger partial charge in [-0.2, -0.15) is 0 Å². The highest BCUT2D eigenvalue weighted by Gasteiger charge is 1.97. The Labute approximate surface area is 123 Å². The number of hydrogen-bond donors (Lipinski definition) is 1. The fourth-order valence-corrected chi connectivity index (χ4v) is 2.52. The van der Waals surface area contributed by atoms with Gasteiger partial charge in [-0.05, 0) is 48.4 Å². The molecule has 0 bridgehead atoms. The Hall–Kier alpha value is -1.52. The molecule has 2 aromatic rings. The van der Waals surface area contributed by atoms with Gasteiger partial charge >= 0.3 is 0 Å². The third-order valence-corrected chi connectivity index (χ3v) is 3.90. The van der Waals surface area contributed by atoms with Gasteiger partial charge in [0.25, 0.3) is 0 Å². The van der Waals surface area contributed by atoms with E-state index in [-0.39, 0.29) is 5.82 Å². The molecule has 2 N–H and O–H groups in total. The van der Waals surface area contributed by atoms with Crippen LogP contribution < -0.4 is 10.5 Å². The number of halogens is 1. The second-order valence-electron chi connectivity index (χ2n) is 4.35. The normalized spacial score (nSPS) is 10.5. The van der Waals surface area contributed by atoms with Gasteiger partial charge in [-0.1, -0.05) is 12.1 Å². The average molecular weight is 291 g/mol. The van der Waals surface area contributed by atoms with Crippen molar-refractivity contribution in [1.82, 2.24) is 0 Å². The molecule has 0 aliphatic heterocycles. The zero-order chi connectivity index (χ0) is 14.2. The summed E-state index contributed by atoms with van der Waals surface area (Å²) in [5.41, 5.74) is 6.64. The van der Waals surface area contributed by atoms with Crippen LogP contribution >= 0.6 is 11.8 Å². The predicted octanol–water partition coefficient (Wildman–Crippen LogP) is 3.85. The van der Waals surface area contributed by atoms with Gasteiger partial charge in [-0.3, -0.25) is 0 Å². The van der Waals surface area contributed by atoms with Gasteiger partial charge in [0.05, 0.1) is 6.61 Å². The second kappa shape index (κ2) is 7.92. The van der Waals surface area contributed by atoms with Crippen molar-refractivity contribution in [3.63, 3.8) is 0 Å². The van der Waals surface area contributed by atoms with Gasteiger partial charge in [0.15, 0.2) is 0 Å². The highest BCUT2D eigenvalue weighted by atomic mass is 32.2. The Kier molecular flexibility index (Phi) is 5.89. The minimum atomic E-state index is -0.196. The summed E-state index contributed by atoms with van der Waals surface area (Å²) in [6, 6.07) is 14.4. The zero-order valence-electron chi connectivity index (χ0n) is 11.2. The molecule has 0 aliphatic rings. The van der Waals surface area contributed by atoms with Crippen LogP contribution in [0.2, 0.25) is 0 Å². The molecule has 0 fully saturated rings. The molecule has 0 amide bonds. The van der Waals surface area contributed by atoms with Crippen molar-refractivity contribution in [1.29, 1.82) is 0 Å². The zero-order valence-corrected chi connectivity index (χ0v) is 12.0. The lowest BCUT2D eigenvalue weighted by Gasteiger charge is -2.06. The van der Waals surface area contributed by atoms with Crippen LogP contribution in [0.3, 0.4) is 0 Å². The third-order valence-electron chi connectivity index (χ3n) is 2.80. The fourth-order valence-electron chi connectivity index (χ4n) is 1.69. The first-order valence-electron chi connectivity index (χ1n) is 6.58. The number of benzene rings is 2. The van der Waals surface area contributed by atoms with Gasteiger partial charge in [-0.15, -0.1) is 11.8 Å². The predicted molar refractivity (Wildman–Crippen MR) is 81.6 cm³/mol. The highest BCUT2D eigenvalue weighted by Crippen LogP contribution is 2.19. The van der Waals surface area contributed by atoms with Gasteiger partial charge in [0.2, 0.25) is 0 Å². The van der Waals surface area contributed by atoms with E-state index in [0.29, 0.717) is 13.2 Å². The molecule has 4 heteroatoms. The summed E-state index contributed by atoms with van der Waals surface area (Å²) < 4.78 is 18.4. The van der Waals surface area contributed by atoms with E-state index in [1.807, 2.05) is 24.3 Å². The Morgan fingerprint density at radius 1 is 1.00 bits per heavy atom. The van der Waals surface area contributed by atoms with Crippen LogP contribution in [0.1, 0.15) is 12.0 Å². The first-order chi connectivity index (χ1) is 9.78. The first-order valence-corrected chi connectivity index (χ1v) is 7.56. The standard InChI is InChI=1S/C16H18FNOS/c17-14-4-8-16(9-5-14)20-11-1-10-19-15-6-2-13(12-18)3-7-15/h2-9H,1,10-12,18H2. The van der Waals surface area contributed by atoms with Crippen molar-refractivity contribution in [2.24, 2.45) is 5.73 Å². The SMILES string of the molecule is NCc1ccc(OCCCSc2ccc(F)cc2)cc1. The Morgan fingerprint density at radius 2 is 1.70 bits per heavy atom. The minimum Gasteiger partial charge on any atom is -0.494 e. The van der Waals surface area contributed by atoms with Crippen LogP contribution in [0.5, 0.6) is 5.75 Å². The molecule has 106 valence electrons. The molecule has 2 rings (SSSR count). The molecule has 0 atom stereocenters. The molecule has 0 spiro atoms. The number of nitrogens with two attached hydrogens (primary N) is 1. The second-order valence-corrected chi connectivity index (χ2v) is 5.52. The van der Waals surface area contributed by atoms with Crippen molar-refractivity contribution in [2.75, 3.05) is 12.4 Å². The number of ether oxygens (including phenoxy) is 1. The first kappa shape index (κ1) is 14.9. The molecule has 0 radical (unpaired) electrons. The molecule has 2 aromatic carbocycles. The van der Waals surface area contributed by atoms with E-state index in [2.05, 4.69) is 0 Å². The van der Waals surface area contributed by atoms with Crippen molar-refractivity contribution < 1.29 is 9.13 Å². The summed E-state index contributed by atoms with van der Waals surface area (Å²) in [6.07, 6.45) is 0.945. The van der Waals surface area contributed by atoms with Crippen molar-refractivity contribution in [3.8, 4) is 5.75 Å². The molecule has 0 saturated carbocycles. The molecule has 0 saturated heterocycles. The Balaban J connectivity index is 1.64. The van der Waals surface area contributed by atoms with E-state index in [1.165, 1.54) is 12.1 Å². The minimum absolute atomic E-state index is 0.196. The molecule has 0 aliphatic carbocycles. The van der Waals surface area contributed by atoms with E-state index in [1.54, 1.807) is 23.9 Å². The van der Waals surface area contributed by atoms with Crippen molar-refractivity contribution >= 4 is 11.8 Å². The number of rotatable bonds is 7.